The molecule has 0 bridgehead atoms. The van der Waals surface area contributed by atoms with Crippen LogP contribution in [0.1, 0.15) is 26.7 Å². The van der Waals surface area contributed by atoms with Gasteiger partial charge < -0.3 is 111 Å². The Hall–Kier alpha value is -1.86. The van der Waals surface area contributed by atoms with Crippen molar-refractivity contribution in [2.75, 3.05) is 26.4 Å². The van der Waals surface area contributed by atoms with Gasteiger partial charge in [0.2, 0.25) is 11.8 Å². The molecule has 4 aliphatic heterocycles. The maximum atomic E-state index is 12.3. The second kappa shape index (κ2) is 18.4. The molecule has 0 aliphatic carbocycles. The molecule has 55 heavy (non-hydrogen) atoms. The van der Waals surface area contributed by atoms with E-state index in [1.54, 1.807) is 0 Å². The number of carbonyl (C=O) groups is 2. The van der Waals surface area contributed by atoms with Crippen molar-refractivity contribution in [2.45, 2.75) is 148 Å². The molecular weight excluding hydrogens is 752 g/mol. The number of hydrogen-bond donors (Lipinski definition) is 17. The Morgan fingerprint density at radius 1 is 0.764 bits per heavy atom. The Morgan fingerprint density at radius 3 is 1.85 bits per heavy atom. The van der Waals surface area contributed by atoms with Gasteiger partial charge in [-0.25, -0.2) is 0 Å². The molecule has 2 unspecified atom stereocenters. The van der Waals surface area contributed by atoms with Crippen LogP contribution in [0.3, 0.4) is 0 Å². The lowest BCUT2D eigenvalue weighted by Gasteiger charge is -2.58. The van der Waals surface area contributed by atoms with E-state index in [0.29, 0.717) is 0 Å². The molecule has 17 N–H and O–H groups in total. The fourth-order valence-corrected chi connectivity index (χ4v) is 7.46. The molecule has 4 fully saturated rings. The monoisotopic (exact) mass is 805 g/mol. The molecule has 0 spiro atoms. The largest absolute Gasteiger partial charge is 0.394 e. The van der Waals surface area contributed by atoms with Crippen LogP contribution in [0.2, 0.25) is 0 Å². The third-order valence-electron chi connectivity index (χ3n) is 10.3. The van der Waals surface area contributed by atoms with Crippen molar-refractivity contribution in [3.63, 3.8) is 0 Å². The van der Waals surface area contributed by atoms with E-state index < -0.39 is 179 Å². The normalized spacial score (nSPS) is 46.8. The van der Waals surface area contributed by atoms with Crippen LogP contribution in [0.5, 0.6) is 0 Å². The second-order valence-corrected chi connectivity index (χ2v) is 14.3. The van der Waals surface area contributed by atoms with Gasteiger partial charge in [-0.2, -0.15) is 0 Å². The summed E-state index contributed by atoms with van der Waals surface area (Å²) in [7, 11) is 0. The van der Waals surface area contributed by atoms with E-state index in [9.17, 15) is 86.2 Å². The quantitative estimate of drug-likeness (QED) is 0.0821. The lowest BCUT2D eigenvalue weighted by Crippen LogP contribution is -2.75. The molecule has 319 valence electrons. The van der Waals surface area contributed by atoms with Gasteiger partial charge >= 0.3 is 0 Å². The van der Waals surface area contributed by atoms with Crippen LogP contribution in [0, 0.1) is 6.10 Å². The Morgan fingerprint density at radius 2 is 1.31 bits per heavy atom. The minimum absolute atomic E-state index is 0.779. The average Bonchev–Trinajstić information content (AvgIpc) is 3.13. The molecule has 0 aromatic carbocycles. The molecule has 24 nitrogen and oxygen atoms in total. The predicted octanol–water partition coefficient (Wildman–Crippen LogP) is -10.4. The van der Waals surface area contributed by atoms with Crippen molar-refractivity contribution < 1.29 is 110 Å². The third kappa shape index (κ3) is 9.23. The van der Waals surface area contributed by atoms with Gasteiger partial charge in [-0.15, -0.1) is 0 Å². The smallest absolute Gasteiger partial charge is 0.217 e. The average molecular weight is 806 g/mol. The van der Waals surface area contributed by atoms with E-state index in [4.69, 9.17) is 23.7 Å². The number of ether oxygens (including phenoxy) is 5. The third-order valence-corrected chi connectivity index (χ3v) is 10.3. The molecule has 20 atom stereocenters. The molecule has 4 rings (SSSR count). The molecule has 4 saturated heterocycles. The zero-order chi connectivity index (χ0) is 41.3. The number of aliphatic hydroxyl groups excluding tert-OH is 14. The van der Waals surface area contributed by atoms with Crippen LogP contribution in [0.15, 0.2) is 0 Å². The molecule has 0 aromatic rings. The highest BCUT2D eigenvalue weighted by atomic mass is 16.7. The lowest BCUT2D eigenvalue weighted by atomic mass is 9.71. The number of rotatable bonds is 13. The first-order chi connectivity index (χ1) is 25.7. The Kier molecular flexibility index (Phi) is 15.3. The number of nitrogens with one attached hydrogen (secondary N) is 2. The van der Waals surface area contributed by atoms with Gasteiger partial charge in [-0.3, -0.25) is 9.59 Å². The minimum atomic E-state index is -3.05. The van der Waals surface area contributed by atoms with Crippen LogP contribution in [-0.4, -0.2) is 236 Å². The molecule has 2 amide bonds. The highest BCUT2D eigenvalue weighted by molar-refractivity contribution is 5.73. The van der Waals surface area contributed by atoms with Crippen LogP contribution >= 0.6 is 0 Å². The molecule has 0 aromatic heterocycles. The molecule has 4 aliphatic rings. The second-order valence-electron chi connectivity index (χ2n) is 14.3. The van der Waals surface area contributed by atoms with Gasteiger partial charge in [0.1, 0.15) is 97.1 Å². The summed E-state index contributed by atoms with van der Waals surface area (Å²) in [6.45, 7) is -2.15. The van der Waals surface area contributed by atoms with Crippen molar-refractivity contribution in [3.8, 4) is 0 Å². The van der Waals surface area contributed by atoms with Crippen molar-refractivity contribution in [2.24, 2.45) is 0 Å². The van der Waals surface area contributed by atoms with Crippen molar-refractivity contribution in [1.82, 2.24) is 10.6 Å². The van der Waals surface area contributed by atoms with Crippen molar-refractivity contribution >= 4 is 11.8 Å². The summed E-state index contributed by atoms with van der Waals surface area (Å²) in [5.41, 5.74) is -3.05. The topological polar surface area (TPSA) is 408 Å². The van der Waals surface area contributed by atoms with E-state index in [1.165, 1.54) is 0 Å². The maximum absolute atomic E-state index is 12.3. The number of carbonyl (C=O) groups excluding carboxylic acids is 2. The summed E-state index contributed by atoms with van der Waals surface area (Å²) < 4.78 is 29.3. The summed E-state index contributed by atoms with van der Waals surface area (Å²) in [5, 5.41) is 166. The van der Waals surface area contributed by atoms with E-state index in [2.05, 4.69) is 10.6 Å². The first kappa shape index (κ1) is 45.8. The van der Waals surface area contributed by atoms with Crippen LogP contribution in [0.25, 0.3) is 0 Å². The molecule has 0 saturated carbocycles. The molecular formula is C31H53N2O22. The summed E-state index contributed by atoms with van der Waals surface area (Å²) in [6.07, 6.45) is -35.9. The molecule has 1 radical (unpaired) electrons. The Labute approximate surface area is 313 Å². The van der Waals surface area contributed by atoms with Crippen molar-refractivity contribution in [1.29, 1.82) is 0 Å². The molecule has 4 heterocycles. The highest BCUT2D eigenvalue weighted by Gasteiger charge is 2.68. The van der Waals surface area contributed by atoms with Gasteiger partial charge in [-0.05, 0) is 0 Å². The fraction of sp³-hybridized carbons (Fsp3) is 0.903. The van der Waals surface area contributed by atoms with Crippen LogP contribution in [-0.2, 0) is 33.3 Å². The van der Waals surface area contributed by atoms with Gasteiger partial charge in [0.05, 0.1) is 38.6 Å². The van der Waals surface area contributed by atoms with Gasteiger partial charge in [0.25, 0.3) is 0 Å². The summed E-state index contributed by atoms with van der Waals surface area (Å²) in [6, 6.07) is -3.42. The van der Waals surface area contributed by atoms with E-state index in [-0.39, 0.29) is 0 Å². The van der Waals surface area contributed by atoms with Crippen LogP contribution in [0.4, 0.5) is 0 Å². The summed E-state index contributed by atoms with van der Waals surface area (Å²) in [4.78, 5) is 24.4. The summed E-state index contributed by atoms with van der Waals surface area (Å²) >= 11 is 0. The molecule has 24 heteroatoms. The Bertz CT molecular complexity index is 1290. The SMILES string of the molecule is CC(=O)N[C@H]1[C@H]([C@H](O)[C@H](O)CO)O[C@](O)(C[C@]2(OC3O[C@H](CO)[C@H](O)[C@H](O)[C@H]3NC(C)=O)[C](C3O[C@H](CO)[C@H](O)[C@H](O)[C@H]3O)O[C@H](CO)[C@@H](O)[C@@H]2O)C[C@@H]1O. The highest BCUT2D eigenvalue weighted by Crippen LogP contribution is 2.51. The van der Waals surface area contributed by atoms with Gasteiger partial charge in [-0.1, -0.05) is 0 Å². The van der Waals surface area contributed by atoms with Gasteiger partial charge in [0.15, 0.2) is 18.2 Å². The Balaban J connectivity index is 1.95. The zero-order valence-corrected chi connectivity index (χ0v) is 29.7. The standard InChI is InChI=1S/C31H53N2O22/c1-9(38)32-16-11(40)3-30(50,54-25(16)18(42)12(41)4-34)8-31(55-29-17(33-10(2)39)22(46)19(43)14(6-36)53-29)27(49)21(45)15(7-37)52-28(31)26-24(48)23(47)20(44)13(5-35)51-26/h11-27,29,34-37,40-50H,3-8H2,1-2H3,(H,32,38)(H,33,39)/t11-,12+,13+,14+,15+,16+,17+,18+,19-,20-,21+,22+,23-,24+,25+,26?,27-,29?,30-,31+/m0/s1. The van der Waals surface area contributed by atoms with E-state index in [0.717, 1.165) is 13.8 Å². The first-order valence-corrected chi connectivity index (χ1v) is 17.4. The maximum Gasteiger partial charge on any atom is 0.217 e. The summed E-state index contributed by atoms with van der Waals surface area (Å²) in [5.74, 6) is -4.62. The minimum Gasteiger partial charge on any atom is -0.394 e. The first-order valence-electron chi connectivity index (χ1n) is 17.4. The number of hydrogen-bond acceptors (Lipinski definition) is 22. The zero-order valence-electron chi connectivity index (χ0n) is 29.7. The van der Waals surface area contributed by atoms with E-state index in [1.807, 2.05) is 0 Å². The number of aliphatic hydroxyl groups is 15. The number of amides is 2. The van der Waals surface area contributed by atoms with Crippen LogP contribution < -0.4 is 10.6 Å². The fourth-order valence-electron chi connectivity index (χ4n) is 7.46. The van der Waals surface area contributed by atoms with Crippen molar-refractivity contribution in [3.05, 3.63) is 6.10 Å². The predicted molar refractivity (Wildman–Crippen MR) is 172 cm³/mol. The lowest BCUT2D eigenvalue weighted by molar-refractivity contribution is -0.379. The van der Waals surface area contributed by atoms with E-state index >= 15 is 0 Å². The van der Waals surface area contributed by atoms with Gasteiger partial charge in [0, 0.05) is 26.7 Å².